The Morgan fingerprint density at radius 1 is 1.31 bits per heavy atom. The summed E-state index contributed by atoms with van der Waals surface area (Å²) in [5.74, 6) is 6.55. The van der Waals surface area contributed by atoms with Crippen LogP contribution in [0.2, 0.25) is 0 Å². The topological polar surface area (TPSA) is 26.0 Å². The molecule has 0 spiro atoms. The molecule has 68 valence electrons. The van der Waals surface area contributed by atoms with Crippen LogP contribution in [0.5, 0.6) is 0 Å². The van der Waals surface area contributed by atoms with Gasteiger partial charge in [0.15, 0.2) is 0 Å². The van der Waals surface area contributed by atoms with Crippen LogP contribution in [0, 0.1) is 11.8 Å². The van der Waals surface area contributed by atoms with Gasteiger partial charge in [0.2, 0.25) is 0 Å². The first-order valence-corrected chi connectivity index (χ1v) is 4.74. The lowest BCUT2D eigenvalue weighted by molar-refractivity contribution is 1.03. The van der Waals surface area contributed by atoms with E-state index in [2.05, 4.69) is 11.8 Å². The van der Waals surface area contributed by atoms with E-state index < -0.39 is 0 Å². The predicted octanol–water partition coefficient (Wildman–Crippen LogP) is 2.13. The molecule has 0 heterocycles. The fourth-order valence-electron chi connectivity index (χ4n) is 0.989. The second-order valence-corrected chi connectivity index (χ2v) is 2.90. The minimum absolute atomic E-state index is 0.507. The maximum absolute atomic E-state index is 5.75. The maximum atomic E-state index is 5.75. The summed E-state index contributed by atoms with van der Waals surface area (Å²) >= 11 is 5.75. The lowest BCUT2D eigenvalue weighted by Crippen LogP contribution is -1.95. The molecule has 1 rings (SSSR count). The molecule has 0 unspecified atom stereocenters. The molecule has 0 radical (unpaired) electrons. The third-order valence-corrected chi connectivity index (χ3v) is 1.94. The Morgan fingerprint density at radius 2 is 2.08 bits per heavy atom. The average Bonchev–Trinajstić information content (AvgIpc) is 2.19. The Bertz CT molecular complexity index is 322. The first kappa shape index (κ1) is 10.1. The Morgan fingerprint density at radius 3 is 2.77 bits per heavy atom. The molecule has 0 atom stereocenters. The van der Waals surface area contributed by atoms with Crippen molar-refractivity contribution >= 4 is 11.6 Å². The molecule has 13 heavy (non-hydrogen) atoms. The van der Waals surface area contributed by atoms with Crippen molar-refractivity contribution in [1.29, 1.82) is 0 Å². The molecule has 1 aromatic carbocycles. The average molecular weight is 194 g/mol. The quantitative estimate of drug-likeness (QED) is 0.565. The summed E-state index contributed by atoms with van der Waals surface area (Å²) in [7, 11) is 0. The number of nitrogens with two attached hydrogens (primary N) is 1. The molecule has 0 aliphatic heterocycles. The van der Waals surface area contributed by atoms with Crippen LogP contribution in [0.3, 0.4) is 0 Å². The monoisotopic (exact) mass is 193 g/mol. The van der Waals surface area contributed by atoms with Crippen LogP contribution in [0.4, 0.5) is 0 Å². The zero-order valence-corrected chi connectivity index (χ0v) is 8.14. The van der Waals surface area contributed by atoms with Crippen LogP contribution >= 0.6 is 11.6 Å². The van der Waals surface area contributed by atoms with E-state index in [4.69, 9.17) is 17.3 Å². The smallest absolute Gasteiger partial charge is 0.0486 e. The summed E-state index contributed by atoms with van der Waals surface area (Å²) in [4.78, 5) is 0. The summed E-state index contributed by atoms with van der Waals surface area (Å²) in [6.07, 6.45) is 0.733. The molecule has 0 aliphatic carbocycles. The number of rotatable bonds is 2. The summed E-state index contributed by atoms with van der Waals surface area (Å²) in [6, 6.07) is 7.88. The van der Waals surface area contributed by atoms with Crippen molar-refractivity contribution in [2.24, 2.45) is 5.73 Å². The Hall–Kier alpha value is -0.970. The van der Waals surface area contributed by atoms with Gasteiger partial charge in [-0.2, -0.15) is 0 Å². The highest BCUT2D eigenvalue weighted by Crippen LogP contribution is 2.09. The van der Waals surface area contributed by atoms with Gasteiger partial charge in [-0.15, -0.1) is 11.6 Å². The van der Waals surface area contributed by atoms with Crippen molar-refractivity contribution in [1.82, 2.24) is 0 Å². The van der Waals surface area contributed by atoms with E-state index in [1.807, 2.05) is 24.3 Å². The first-order chi connectivity index (χ1) is 6.38. The van der Waals surface area contributed by atoms with Gasteiger partial charge in [0, 0.05) is 24.4 Å². The normalized spacial score (nSPS) is 9.08. The minimum atomic E-state index is 0.507. The van der Waals surface area contributed by atoms with Crippen LogP contribution in [-0.2, 0) is 5.88 Å². The molecule has 0 fully saturated rings. The van der Waals surface area contributed by atoms with Gasteiger partial charge in [0.05, 0.1) is 0 Å². The molecule has 0 saturated carbocycles. The summed E-state index contributed by atoms with van der Waals surface area (Å²) in [5.41, 5.74) is 7.42. The zero-order valence-electron chi connectivity index (χ0n) is 7.39. The highest BCUT2D eigenvalue weighted by atomic mass is 35.5. The lowest BCUT2D eigenvalue weighted by Gasteiger charge is -1.97. The molecule has 2 heteroatoms. The highest BCUT2D eigenvalue weighted by Gasteiger charge is 1.94. The third-order valence-electron chi connectivity index (χ3n) is 1.65. The van der Waals surface area contributed by atoms with E-state index in [1.165, 1.54) is 0 Å². The summed E-state index contributed by atoms with van der Waals surface area (Å²) in [5, 5.41) is 0. The molecule has 2 N–H and O–H groups in total. The lowest BCUT2D eigenvalue weighted by atomic mass is 10.1. The minimum Gasteiger partial charge on any atom is -0.330 e. The van der Waals surface area contributed by atoms with Crippen LogP contribution < -0.4 is 5.73 Å². The Kier molecular flexibility index (Phi) is 4.39. The number of alkyl halides is 1. The van der Waals surface area contributed by atoms with Gasteiger partial charge >= 0.3 is 0 Å². The second kappa shape index (κ2) is 5.64. The molecule has 0 saturated heterocycles. The van der Waals surface area contributed by atoms with Gasteiger partial charge in [0.1, 0.15) is 0 Å². The van der Waals surface area contributed by atoms with Gasteiger partial charge < -0.3 is 5.73 Å². The van der Waals surface area contributed by atoms with E-state index in [1.54, 1.807) is 0 Å². The van der Waals surface area contributed by atoms with E-state index >= 15 is 0 Å². The SMILES string of the molecule is NCCC#Cc1ccccc1CCl. The number of benzene rings is 1. The highest BCUT2D eigenvalue weighted by molar-refractivity contribution is 6.17. The van der Waals surface area contributed by atoms with E-state index in [0.717, 1.165) is 17.5 Å². The zero-order chi connectivity index (χ0) is 9.52. The number of hydrogen-bond acceptors (Lipinski definition) is 1. The third kappa shape index (κ3) is 3.10. The molecule has 1 aromatic rings. The van der Waals surface area contributed by atoms with E-state index in [9.17, 15) is 0 Å². The predicted molar refractivity (Wildman–Crippen MR) is 56.5 cm³/mol. The molecular formula is C11H12ClN. The van der Waals surface area contributed by atoms with Crippen LogP contribution in [-0.4, -0.2) is 6.54 Å². The van der Waals surface area contributed by atoms with Crippen molar-refractivity contribution in [2.75, 3.05) is 6.54 Å². The van der Waals surface area contributed by atoms with Crippen molar-refractivity contribution in [2.45, 2.75) is 12.3 Å². The van der Waals surface area contributed by atoms with Crippen molar-refractivity contribution < 1.29 is 0 Å². The largest absolute Gasteiger partial charge is 0.330 e. The maximum Gasteiger partial charge on any atom is 0.0486 e. The summed E-state index contributed by atoms with van der Waals surface area (Å²) in [6.45, 7) is 0.607. The number of hydrogen-bond donors (Lipinski definition) is 1. The standard InChI is InChI=1S/C11H12ClN/c12-9-11-7-2-1-5-10(11)6-3-4-8-13/h1-2,5,7H,4,8-9,13H2. The number of halogens is 1. The fraction of sp³-hybridized carbons (Fsp3) is 0.273. The van der Waals surface area contributed by atoms with Crippen molar-refractivity contribution in [3.8, 4) is 11.8 Å². The molecule has 0 aliphatic rings. The molecule has 0 bridgehead atoms. The Labute approximate surface area is 83.9 Å². The van der Waals surface area contributed by atoms with Crippen molar-refractivity contribution in [3.05, 3.63) is 35.4 Å². The summed E-state index contributed by atoms with van der Waals surface area (Å²) < 4.78 is 0. The molecule has 0 amide bonds. The van der Waals surface area contributed by atoms with Crippen LogP contribution in [0.15, 0.2) is 24.3 Å². The van der Waals surface area contributed by atoms with Gasteiger partial charge in [-0.3, -0.25) is 0 Å². The van der Waals surface area contributed by atoms with Crippen LogP contribution in [0.25, 0.3) is 0 Å². The Balaban J connectivity index is 2.82. The van der Waals surface area contributed by atoms with Gasteiger partial charge in [-0.1, -0.05) is 30.0 Å². The first-order valence-electron chi connectivity index (χ1n) is 4.21. The fourth-order valence-corrected chi connectivity index (χ4v) is 1.22. The molecular weight excluding hydrogens is 182 g/mol. The van der Waals surface area contributed by atoms with Gasteiger partial charge in [-0.05, 0) is 11.6 Å². The second-order valence-electron chi connectivity index (χ2n) is 2.63. The molecule has 0 aromatic heterocycles. The van der Waals surface area contributed by atoms with E-state index in [0.29, 0.717) is 12.4 Å². The van der Waals surface area contributed by atoms with Crippen molar-refractivity contribution in [3.63, 3.8) is 0 Å². The van der Waals surface area contributed by atoms with Crippen LogP contribution in [0.1, 0.15) is 17.5 Å². The van der Waals surface area contributed by atoms with Gasteiger partial charge in [0.25, 0.3) is 0 Å². The van der Waals surface area contributed by atoms with E-state index in [-0.39, 0.29) is 0 Å². The van der Waals surface area contributed by atoms with Gasteiger partial charge in [-0.25, -0.2) is 0 Å². The molecule has 1 nitrogen and oxygen atoms in total.